The molecule has 3 aromatic rings. The van der Waals surface area contributed by atoms with Crippen molar-refractivity contribution in [1.29, 1.82) is 0 Å². The van der Waals surface area contributed by atoms with E-state index >= 15 is 0 Å². The Morgan fingerprint density at radius 2 is 2.03 bits per heavy atom. The molecule has 29 heavy (non-hydrogen) atoms. The van der Waals surface area contributed by atoms with E-state index in [2.05, 4.69) is 27.0 Å². The molecule has 7 nitrogen and oxygen atoms in total. The van der Waals surface area contributed by atoms with Gasteiger partial charge in [0, 0.05) is 23.8 Å². The van der Waals surface area contributed by atoms with Gasteiger partial charge in [0.2, 0.25) is 15.8 Å². The molecule has 0 unspecified atom stereocenters. The maximum atomic E-state index is 14.2. The second-order valence-electron chi connectivity index (χ2n) is 7.29. The van der Waals surface area contributed by atoms with E-state index in [0.717, 1.165) is 29.1 Å². The molecule has 1 aliphatic rings. The first-order chi connectivity index (χ1) is 14.0. The van der Waals surface area contributed by atoms with E-state index in [1.54, 1.807) is 12.4 Å². The number of anilines is 2. The highest BCUT2D eigenvalue weighted by Gasteiger charge is 2.18. The second kappa shape index (κ2) is 7.90. The second-order valence-corrected chi connectivity index (χ2v) is 9.15. The molecule has 0 aliphatic heterocycles. The number of nitrogens with one attached hydrogen (secondary N) is 1. The minimum atomic E-state index is -3.84. The predicted molar refractivity (Wildman–Crippen MR) is 109 cm³/mol. The summed E-state index contributed by atoms with van der Waals surface area (Å²) in [7, 11) is -3.84. The molecule has 1 aromatic carbocycles. The summed E-state index contributed by atoms with van der Waals surface area (Å²) in [5, 5.41) is 8.94. The van der Waals surface area contributed by atoms with Crippen molar-refractivity contribution >= 4 is 32.5 Å². The number of benzene rings is 1. The molecular formula is C20H22FN5O2S. The van der Waals surface area contributed by atoms with Gasteiger partial charge in [-0.3, -0.25) is 0 Å². The van der Waals surface area contributed by atoms with Gasteiger partial charge in [-0.25, -0.2) is 22.5 Å². The number of hydrogen-bond donors (Lipinski definition) is 1. The lowest BCUT2D eigenvalue weighted by molar-refractivity contribution is 0.311. The predicted octanol–water partition coefficient (Wildman–Crippen LogP) is 4.21. The number of sulfone groups is 1. The number of hydrogen-bond acceptors (Lipinski definition) is 6. The largest absolute Gasteiger partial charge is 0.324 e. The summed E-state index contributed by atoms with van der Waals surface area (Å²) in [6, 6.07) is 3.76. The van der Waals surface area contributed by atoms with Gasteiger partial charge in [-0.15, -0.1) is 0 Å². The van der Waals surface area contributed by atoms with Crippen molar-refractivity contribution in [3.63, 3.8) is 0 Å². The minimum absolute atomic E-state index is 0.293. The van der Waals surface area contributed by atoms with Gasteiger partial charge >= 0.3 is 0 Å². The van der Waals surface area contributed by atoms with Gasteiger partial charge in [-0.1, -0.05) is 25.8 Å². The first-order valence-electron chi connectivity index (χ1n) is 9.59. The fourth-order valence-corrected chi connectivity index (χ4v) is 4.47. The molecule has 1 aliphatic carbocycles. The maximum Gasteiger partial charge on any atom is 0.229 e. The summed E-state index contributed by atoms with van der Waals surface area (Å²) in [5.74, 6) is 0.0339. The van der Waals surface area contributed by atoms with Crippen molar-refractivity contribution in [1.82, 2.24) is 19.7 Å². The topological polar surface area (TPSA) is 89.8 Å². The van der Waals surface area contributed by atoms with Crippen LogP contribution in [0.2, 0.25) is 0 Å². The van der Waals surface area contributed by atoms with Crippen LogP contribution in [0.3, 0.4) is 0 Å². The summed E-state index contributed by atoms with van der Waals surface area (Å²) in [5.41, 5.74) is 1.07. The standard InChI is InChI=1S/C20H22FN5O2S/c1-2-29(27,28)18-9-8-16(10-17(18)21)24-20-22-11-15-12-23-26(19(15)25-20)13-14-6-4-3-5-7-14/h2,8-12,14H,1,3-7,13H2,(H,22,24,25). The van der Waals surface area contributed by atoms with E-state index in [1.165, 1.54) is 44.2 Å². The first-order valence-corrected chi connectivity index (χ1v) is 11.1. The van der Waals surface area contributed by atoms with E-state index in [0.29, 0.717) is 17.6 Å². The molecule has 2 aromatic heterocycles. The van der Waals surface area contributed by atoms with Crippen molar-refractivity contribution in [3.05, 3.63) is 48.4 Å². The summed E-state index contributed by atoms with van der Waals surface area (Å²) in [6.45, 7) is 4.04. The number of fused-ring (bicyclic) bond motifs is 1. The van der Waals surface area contributed by atoms with Crippen molar-refractivity contribution in [3.8, 4) is 0 Å². The molecule has 4 rings (SSSR count). The molecule has 1 N–H and O–H groups in total. The van der Waals surface area contributed by atoms with Gasteiger partial charge in [0.15, 0.2) is 5.65 Å². The van der Waals surface area contributed by atoms with Gasteiger partial charge in [0.1, 0.15) is 10.7 Å². The Morgan fingerprint density at radius 3 is 2.76 bits per heavy atom. The van der Waals surface area contributed by atoms with Gasteiger partial charge in [-0.05, 0) is 37.0 Å². The van der Waals surface area contributed by atoms with Crippen LogP contribution < -0.4 is 5.32 Å². The van der Waals surface area contributed by atoms with E-state index in [4.69, 9.17) is 0 Å². The maximum absolute atomic E-state index is 14.2. The molecule has 1 saturated carbocycles. The van der Waals surface area contributed by atoms with Gasteiger partial charge in [-0.2, -0.15) is 10.1 Å². The lowest BCUT2D eigenvalue weighted by Crippen LogP contribution is -2.15. The smallest absolute Gasteiger partial charge is 0.229 e. The first kappa shape index (κ1) is 19.5. The molecule has 0 spiro atoms. The van der Waals surface area contributed by atoms with Crippen LogP contribution in [0.4, 0.5) is 16.0 Å². The van der Waals surface area contributed by atoms with Crippen LogP contribution in [0.25, 0.3) is 11.0 Å². The van der Waals surface area contributed by atoms with Crippen LogP contribution >= 0.6 is 0 Å². The Balaban J connectivity index is 1.57. The van der Waals surface area contributed by atoms with Crippen molar-refractivity contribution < 1.29 is 12.8 Å². The molecule has 0 saturated heterocycles. The zero-order valence-electron chi connectivity index (χ0n) is 15.9. The molecular weight excluding hydrogens is 393 g/mol. The molecule has 152 valence electrons. The van der Waals surface area contributed by atoms with Crippen LogP contribution in [0.5, 0.6) is 0 Å². The number of rotatable bonds is 6. The van der Waals surface area contributed by atoms with E-state index in [9.17, 15) is 12.8 Å². The van der Waals surface area contributed by atoms with Gasteiger partial charge in [0.25, 0.3) is 0 Å². The Bertz CT molecular complexity index is 1150. The summed E-state index contributed by atoms with van der Waals surface area (Å²) >= 11 is 0. The van der Waals surface area contributed by atoms with Crippen LogP contribution in [0.1, 0.15) is 32.1 Å². The summed E-state index contributed by atoms with van der Waals surface area (Å²) in [6.07, 6.45) is 9.64. The molecule has 0 atom stereocenters. The fraction of sp³-hybridized carbons (Fsp3) is 0.350. The number of halogens is 1. The molecule has 0 radical (unpaired) electrons. The number of nitrogens with zero attached hydrogens (tertiary/aromatic N) is 4. The Hall–Kier alpha value is -2.81. The van der Waals surface area contributed by atoms with Gasteiger partial charge < -0.3 is 5.32 Å². The SMILES string of the molecule is C=CS(=O)(=O)c1ccc(Nc2ncc3cnn(CC4CCCCC4)c3n2)cc1F. The van der Waals surface area contributed by atoms with Gasteiger partial charge in [0.05, 0.1) is 11.6 Å². The van der Waals surface area contributed by atoms with E-state index < -0.39 is 20.5 Å². The van der Waals surface area contributed by atoms with E-state index in [-0.39, 0.29) is 0 Å². The van der Waals surface area contributed by atoms with Crippen LogP contribution in [-0.2, 0) is 16.4 Å². The third kappa shape index (κ3) is 4.14. The highest BCUT2D eigenvalue weighted by molar-refractivity contribution is 7.94. The third-order valence-electron chi connectivity index (χ3n) is 5.25. The molecule has 0 amide bonds. The van der Waals surface area contributed by atoms with Crippen LogP contribution in [0, 0.1) is 11.7 Å². The highest BCUT2D eigenvalue weighted by Crippen LogP contribution is 2.26. The Kier molecular flexibility index (Phi) is 5.31. The van der Waals surface area contributed by atoms with Crippen molar-refractivity contribution in [2.24, 2.45) is 5.92 Å². The third-order valence-corrected chi connectivity index (χ3v) is 6.63. The minimum Gasteiger partial charge on any atom is -0.324 e. The summed E-state index contributed by atoms with van der Waals surface area (Å²) in [4.78, 5) is 8.36. The average molecular weight is 415 g/mol. The number of aromatic nitrogens is 4. The quantitative estimate of drug-likeness (QED) is 0.649. The molecule has 9 heteroatoms. The molecule has 0 bridgehead atoms. The zero-order valence-corrected chi connectivity index (χ0v) is 16.7. The average Bonchev–Trinajstić information content (AvgIpc) is 3.11. The summed E-state index contributed by atoms with van der Waals surface area (Å²) < 4.78 is 39.7. The lowest BCUT2D eigenvalue weighted by atomic mass is 9.89. The molecule has 1 fully saturated rings. The highest BCUT2D eigenvalue weighted by atomic mass is 32.2. The molecule has 2 heterocycles. The lowest BCUT2D eigenvalue weighted by Gasteiger charge is -2.21. The van der Waals surface area contributed by atoms with Crippen LogP contribution in [0.15, 0.2) is 47.5 Å². The Morgan fingerprint density at radius 1 is 1.24 bits per heavy atom. The zero-order chi connectivity index (χ0) is 20.4. The Labute approximate surface area is 168 Å². The normalized spacial score (nSPS) is 15.5. The fourth-order valence-electron chi connectivity index (χ4n) is 3.70. The monoisotopic (exact) mass is 415 g/mol. The van der Waals surface area contributed by atoms with Crippen molar-refractivity contribution in [2.45, 2.75) is 43.5 Å². The van der Waals surface area contributed by atoms with Crippen molar-refractivity contribution in [2.75, 3.05) is 5.32 Å². The van der Waals surface area contributed by atoms with E-state index in [1.807, 2.05) is 4.68 Å². The van der Waals surface area contributed by atoms with Crippen LogP contribution in [-0.4, -0.2) is 28.2 Å².